The van der Waals surface area contributed by atoms with E-state index in [0.717, 1.165) is 59.4 Å². The SMILES string of the molecule is C=C(C)c1c(-c2nc(S(=O)(=O)Nc3cc(F)c(C(=O)O)cc3OC)cs2)ccc(C2=CCC(C(C)C)CC2)c1OCC. The highest BCUT2D eigenvalue weighted by Crippen LogP contribution is 2.44. The second-order valence-electron chi connectivity index (χ2n) is 10.5. The van der Waals surface area contributed by atoms with Crippen molar-refractivity contribution in [2.75, 3.05) is 18.4 Å². The van der Waals surface area contributed by atoms with E-state index in [2.05, 4.69) is 36.2 Å². The molecule has 2 N–H and O–H groups in total. The molecule has 1 heterocycles. The number of hydrogen-bond donors (Lipinski definition) is 2. The molecule has 0 saturated carbocycles. The summed E-state index contributed by atoms with van der Waals surface area (Å²) < 4.78 is 54.4. The summed E-state index contributed by atoms with van der Waals surface area (Å²) in [4.78, 5) is 15.7. The highest BCUT2D eigenvalue weighted by molar-refractivity contribution is 7.92. The van der Waals surface area contributed by atoms with E-state index in [1.807, 2.05) is 26.0 Å². The molecule has 0 saturated heterocycles. The van der Waals surface area contributed by atoms with Gasteiger partial charge in [-0.05, 0) is 62.2 Å². The number of anilines is 1. The maximum absolute atomic E-state index is 14.4. The quantitative estimate of drug-likeness (QED) is 0.227. The van der Waals surface area contributed by atoms with Crippen LogP contribution in [0.5, 0.6) is 11.5 Å². The number of carboxylic acids is 1. The van der Waals surface area contributed by atoms with E-state index < -0.39 is 27.4 Å². The minimum Gasteiger partial charge on any atom is -0.495 e. The molecule has 1 aromatic heterocycles. The van der Waals surface area contributed by atoms with Crippen molar-refractivity contribution in [1.29, 1.82) is 0 Å². The number of carboxylic acid groups (broad SMARTS) is 1. The maximum atomic E-state index is 14.4. The summed E-state index contributed by atoms with van der Waals surface area (Å²) in [5.74, 6) is -0.784. The van der Waals surface area contributed by atoms with Gasteiger partial charge in [0.1, 0.15) is 22.3 Å². The van der Waals surface area contributed by atoms with Gasteiger partial charge in [0.15, 0.2) is 5.03 Å². The number of halogens is 1. The van der Waals surface area contributed by atoms with Crippen molar-refractivity contribution in [2.24, 2.45) is 11.8 Å². The molecule has 42 heavy (non-hydrogen) atoms. The van der Waals surface area contributed by atoms with E-state index in [1.54, 1.807) is 0 Å². The molecule has 1 aliphatic rings. The highest BCUT2D eigenvalue weighted by Gasteiger charge is 2.27. The van der Waals surface area contributed by atoms with Crippen LogP contribution < -0.4 is 14.2 Å². The predicted octanol–water partition coefficient (Wildman–Crippen LogP) is 7.73. The summed E-state index contributed by atoms with van der Waals surface area (Å²) in [7, 11) is -3.06. The van der Waals surface area contributed by atoms with Crippen molar-refractivity contribution in [2.45, 2.75) is 52.0 Å². The van der Waals surface area contributed by atoms with Crippen molar-refractivity contribution in [1.82, 2.24) is 4.98 Å². The minimum atomic E-state index is -4.28. The number of aromatic nitrogens is 1. The summed E-state index contributed by atoms with van der Waals surface area (Å²) in [5.41, 5.74) is 3.55. The Bertz CT molecular complexity index is 1660. The normalized spacial score (nSPS) is 15.3. The Morgan fingerprint density at radius 1 is 1.29 bits per heavy atom. The third-order valence-corrected chi connectivity index (χ3v) is 9.64. The molecule has 1 aliphatic carbocycles. The van der Waals surface area contributed by atoms with E-state index in [0.29, 0.717) is 34.8 Å². The molecule has 11 heteroatoms. The van der Waals surface area contributed by atoms with Gasteiger partial charge in [-0.15, -0.1) is 11.3 Å². The molecule has 1 unspecified atom stereocenters. The number of benzene rings is 2. The molecule has 0 radical (unpaired) electrons. The first-order valence-electron chi connectivity index (χ1n) is 13.6. The van der Waals surface area contributed by atoms with Gasteiger partial charge in [0.25, 0.3) is 10.0 Å². The van der Waals surface area contributed by atoms with E-state index in [4.69, 9.17) is 9.47 Å². The van der Waals surface area contributed by atoms with Crippen LogP contribution in [0.4, 0.5) is 10.1 Å². The van der Waals surface area contributed by atoms with Gasteiger partial charge in [-0.25, -0.2) is 14.2 Å². The van der Waals surface area contributed by atoms with Gasteiger partial charge in [-0.1, -0.05) is 38.6 Å². The van der Waals surface area contributed by atoms with Crippen LogP contribution in [-0.2, 0) is 10.0 Å². The standard InChI is InChI=1S/C31H35FN2O6S2/c1-7-40-29-21(20-10-8-19(9-11-20)17(2)3)12-13-22(28(29)18(4)5)30-33-27(16-41-30)42(37,38)34-25-15-24(32)23(31(35)36)14-26(25)39-6/h10,12-17,19,34H,4,7-9,11H2,1-3,5-6H3,(H,35,36). The minimum absolute atomic E-state index is 0.147. The van der Waals surface area contributed by atoms with E-state index in [-0.39, 0.29) is 16.5 Å². The van der Waals surface area contributed by atoms with Gasteiger partial charge in [0.2, 0.25) is 0 Å². The number of thiazole rings is 1. The summed E-state index contributed by atoms with van der Waals surface area (Å²) in [6, 6.07) is 5.61. The van der Waals surface area contributed by atoms with Gasteiger partial charge in [-0.2, -0.15) is 8.42 Å². The van der Waals surface area contributed by atoms with Crippen molar-refractivity contribution < 1.29 is 32.2 Å². The van der Waals surface area contributed by atoms with Crippen LogP contribution in [0.2, 0.25) is 0 Å². The number of nitrogens with zero attached hydrogens (tertiary/aromatic N) is 1. The first kappa shape index (κ1) is 31.2. The Labute approximate surface area is 250 Å². The number of nitrogens with one attached hydrogen (secondary N) is 1. The second kappa shape index (κ2) is 12.7. The molecule has 0 aliphatic heterocycles. The molecule has 0 spiro atoms. The molecule has 224 valence electrons. The van der Waals surface area contributed by atoms with Crippen LogP contribution in [0.1, 0.15) is 68.4 Å². The smallest absolute Gasteiger partial charge is 0.338 e. The first-order valence-corrected chi connectivity index (χ1v) is 16.0. The van der Waals surface area contributed by atoms with Crippen molar-refractivity contribution in [3.63, 3.8) is 0 Å². The van der Waals surface area contributed by atoms with Crippen LogP contribution in [0.15, 0.2) is 47.3 Å². The van der Waals surface area contributed by atoms with Crippen LogP contribution >= 0.6 is 11.3 Å². The van der Waals surface area contributed by atoms with Crippen LogP contribution in [0.3, 0.4) is 0 Å². The molecule has 0 bridgehead atoms. The third kappa shape index (κ3) is 6.37. The largest absolute Gasteiger partial charge is 0.495 e. The summed E-state index contributed by atoms with van der Waals surface area (Å²) in [6.07, 6.45) is 5.36. The molecule has 1 atom stereocenters. The number of ether oxygens (including phenoxy) is 2. The molecule has 0 fully saturated rings. The van der Waals surface area contributed by atoms with Crippen LogP contribution in [0, 0.1) is 17.7 Å². The zero-order valence-corrected chi connectivity index (χ0v) is 25.9. The maximum Gasteiger partial charge on any atom is 0.338 e. The lowest BCUT2D eigenvalue weighted by molar-refractivity contribution is 0.0691. The number of aromatic carboxylic acids is 1. The highest BCUT2D eigenvalue weighted by atomic mass is 32.2. The summed E-state index contributed by atoms with van der Waals surface area (Å²) in [5, 5.41) is 10.7. The zero-order valence-electron chi connectivity index (χ0n) is 24.3. The molecule has 3 aromatic rings. The summed E-state index contributed by atoms with van der Waals surface area (Å²) >= 11 is 1.14. The van der Waals surface area contributed by atoms with E-state index in [1.165, 1.54) is 18.1 Å². The molecular formula is C31H35FN2O6S2. The van der Waals surface area contributed by atoms with E-state index >= 15 is 0 Å². The molecule has 4 rings (SSSR count). The fourth-order valence-electron chi connectivity index (χ4n) is 5.11. The van der Waals surface area contributed by atoms with Crippen molar-refractivity contribution in [3.05, 3.63) is 64.8 Å². The van der Waals surface area contributed by atoms with Gasteiger partial charge in [-0.3, -0.25) is 4.72 Å². The van der Waals surface area contributed by atoms with Gasteiger partial charge >= 0.3 is 5.97 Å². The number of carbonyl (C=O) groups is 1. The Kier molecular flexibility index (Phi) is 9.42. The zero-order chi connectivity index (χ0) is 30.8. The van der Waals surface area contributed by atoms with Gasteiger partial charge in [0, 0.05) is 28.1 Å². The Balaban J connectivity index is 1.73. The lowest BCUT2D eigenvalue weighted by Crippen LogP contribution is -2.15. The third-order valence-electron chi connectivity index (χ3n) is 7.37. The predicted molar refractivity (Wildman–Crippen MR) is 164 cm³/mol. The Morgan fingerprint density at radius 3 is 2.57 bits per heavy atom. The van der Waals surface area contributed by atoms with Crippen LogP contribution in [-0.4, -0.2) is 38.2 Å². The molecule has 8 nitrogen and oxygen atoms in total. The lowest BCUT2D eigenvalue weighted by atomic mass is 9.80. The average Bonchev–Trinajstić information content (AvgIpc) is 3.44. The molecular weight excluding hydrogens is 579 g/mol. The fraction of sp³-hybridized carbons (Fsp3) is 0.355. The number of sulfonamides is 1. The van der Waals surface area contributed by atoms with E-state index in [9.17, 15) is 22.7 Å². The topological polar surface area (TPSA) is 115 Å². The second-order valence-corrected chi connectivity index (χ2v) is 13.0. The number of hydrogen-bond acceptors (Lipinski definition) is 7. The Morgan fingerprint density at radius 2 is 2.00 bits per heavy atom. The lowest BCUT2D eigenvalue weighted by Gasteiger charge is -2.27. The summed E-state index contributed by atoms with van der Waals surface area (Å²) in [6.45, 7) is 12.9. The number of rotatable bonds is 11. The monoisotopic (exact) mass is 614 g/mol. The van der Waals surface area contributed by atoms with Crippen molar-refractivity contribution in [3.8, 4) is 22.1 Å². The molecule has 2 aromatic carbocycles. The van der Waals surface area contributed by atoms with Gasteiger partial charge < -0.3 is 14.6 Å². The molecule has 0 amide bonds. The first-order chi connectivity index (χ1) is 19.9. The average molecular weight is 615 g/mol. The number of allylic oxidation sites excluding steroid dienone is 3. The van der Waals surface area contributed by atoms with Crippen LogP contribution in [0.25, 0.3) is 21.7 Å². The Hall–Kier alpha value is -3.70. The van der Waals surface area contributed by atoms with Crippen molar-refractivity contribution >= 4 is 44.2 Å². The van der Waals surface area contributed by atoms with Gasteiger partial charge in [0.05, 0.1) is 25.0 Å². The fourth-order valence-corrected chi connectivity index (χ4v) is 7.29. The number of methoxy groups -OCH3 is 1.